The Bertz CT molecular complexity index is 321. The summed E-state index contributed by atoms with van der Waals surface area (Å²) in [6.45, 7) is 0. The zero-order chi connectivity index (χ0) is 7.52. The molecule has 0 saturated heterocycles. The molecule has 1 aromatic heterocycles. The molecule has 0 spiro atoms. The summed E-state index contributed by atoms with van der Waals surface area (Å²) in [6, 6.07) is 11.5. The van der Waals surface area contributed by atoms with Crippen molar-refractivity contribution >= 4 is 0 Å². The van der Waals surface area contributed by atoms with Crippen LogP contribution in [0.4, 0.5) is 0 Å². The van der Waals surface area contributed by atoms with Crippen LogP contribution in [-0.4, -0.2) is 9.78 Å². The van der Waals surface area contributed by atoms with Crippen LogP contribution in [0.2, 0.25) is 0 Å². The SMILES string of the molecule is [Li+].[Na+].[c-]1c[c-]n(-c2ccccc2)n1. The van der Waals surface area contributed by atoms with Crippen LogP contribution < -0.4 is 48.4 Å². The van der Waals surface area contributed by atoms with Crippen molar-refractivity contribution < 1.29 is 48.4 Å². The Labute approximate surface area is 112 Å². The van der Waals surface area contributed by atoms with Gasteiger partial charge in [-0.2, -0.15) is 0 Å². The third-order valence-corrected chi connectivity index (χ3v) is 1.41. The first-order chi connectivity index (χ1) is 5.47. The fraction of sp³-hybridized carbons (Fsp3) is 0. The smallest absolute Gasteiger partial charge is 0.456 e. The Morgan fingerprint density at radius 3 is 2.38 bits per heavy atom. The van der Waals surface area contributed by atoms with E-state index in [0.29, 0.717) is 0 Å². The van der Waals surface area contributed by atoms with Gasteiger partial charge in [0.25, 0.3) is 0 Å². The molecule has 0 bridgehead atoms. The quantitative estimate of drug-likeness (QED) is 0.313. The normalized spacial score (nSPS) is 8.31. The van der Waals surface area contributed by atoms with E-state index in [2.05, 4.69) is 17.5 Å². The monoisotopic (exact) mass is 172 g/mol. The largest absolute Gasteiger partial charge is 1.00 e. The van der Waals surface area contributed by atoms with Gasteiger partial charge in [-0.15, -0.1) is 0 Å². The second-order valence-corrected chi connectivity index (χ2v) is 2.15. The fourth-order valence-corrected chi connectivity index (χ4v) is 0.907. The van der Waals surface area contributed by atoms with Gasteiger partial charge in [0.1, 0.15) is 0 Å². The zero-order valence-electron chi connectivity index (χ0n) is 7.86. The molecule has 1 heterocycles. The molecular weight excluding hydrogens is 166 g/mol. The molecule has 1 aromatic carbocycles. The van der Waals surface area contributed by atoms with Crippen LogP contribution in [0.3, 0.4) is 0 Å². The maximum Gasteiger partial charge on any atom is 1.00 e. The summed E-state index contributed by atoms with van der Waals surface area (Å²) in [6.07, 6.45) is 5.59. The van der Waals surface area contributed by atoms with E-state index in [1.165, 1.54) is 0 Å². The van der Waals surface area contributed by atoms with Gasteiger partial charge in [0.2, 0.25) is 0 Å². The van der Waals surface area contributed by atoms with Crippen LogP contribution in [-0.2, 0) is 0 Å². The number of aromatic nitrogens is 2. The number of hydrogen-bond acceptors (Lipinski definition) is 1. The van der Waals surface area contributed by atoms with Crippen molar-refractivity contribution in [2.75, 3.05) is 0 Å². The number of benzene rings is 1. The molecule has 0 radical (unpaired) electrons. The summed E-state index contributed by atoms with van der Waals surface area (Å²) < 4.78 is 1.65. The van der Waals surface area contributed by atoms with Gasteiger partial charge in [-0.25, -0.2) is 0 Å². The summed E-state index contributed by atoms with van der Waals surface area (Å²) in [5.41, 5.74) is 1.01. The number of nitrogens with zero attached hydrogens (tertiary/aromatic N) is 2. The van der Waals surface area contributed by atoms with E-state index in [-0.39, 0.29) is 48.4 Å². The maximum absolute atomic E-state index is 3.92. The Kier molecular flexibility index (Phi) is 6.49. The van der Waals surface area contributed by atoms with Gasteiger partial charge in [0.15, 0.2) is 0 Å². The number of hydrogen-bond donors (Lipinski definition) is 0. The van der Waals surface area contributed by atoms with E-state index in [1.54, 1.807) is 10.7 Å². The number of para-hydroxylation sites is 1. The van der Waals surface area contributed by atoms with Crippen molar-refractivity contribution in [2.24, 2.45) is 0 Å². The minimum absolute atomic E-state index is 0. The van der Waals surface area contributed by atoms with Gasteiger partial charge in [-0.1, -0.05) is 18.2 Å². The molecule has 0 aliphatic rings. The predicted molar refractivity (Wildman–Crippen MR) is 41.2 cm³/mol. The molecular formula is C9H6LiN2Na. The molecule has 2 aromatic rings. The van der Waals surface area contributed by atoms with Crippen molar-refractivity contribution in [3.63, 3.8) is 0 Å². The summed E-state index contributed by atoms with van der Waals surface area (Å²) >= 11 is 0. The summed E-state index contributed by atoms with van der Waals surface area (Å²) in [4.78, 5) is 0. The van der Waals surface area contributed by atoms with Crippen molar-refractivity contribution in [3.8, 4) is 5.69 Å². The Hall–Kier alpha value is 0.0274. The topological polar surface area (TPSA) is 17.8 Å². The second kappa shape index (κ2) is 6.48. The predicted octanol–water partition coefficient (Wildman–Crippen LogP) is -4.52. The third kappa shape index (κ3) is 3.34. The molecule has 0 amide bonds. The molecule has 0 atom stereocenters. The van der Waals surface area contributed by atoms with E-state index < -0.39 is 0 Å². The average molecular weight is 172 g/mol. The van der Waals surface area contributed by atoms with Crippen LogP contribution in [0.5, 0.6) is 0 Å². The van der Waals surface area contributed by atoms with Crippen molar-refractivity contribution in [2.45, 2.75) is 0 Å². The van der Waals surface area contributed by atoms with Gasteiger partial charge in [-0.05, 0) is 12.1 Å². The molecule has 2 nitrogen and oxygen atoms in total. The van der Waals surface area contributed by atoms with Crippen LogP contribution in [0.25, 0.3) is 5.69 Å². The first-order valence-electron chi connectivity index (χ1n) is 3.36. The Morgan fingerprint density at radius 1 is 1.15 bits per heavy atom. The van der Waals surface area contributed by atoms with E-state index in [4.69, 9.17) is 0 Å². The zero-order valence-corrected chi connectivity index (χ0v) is 9.86. The minimum Gasteiger partial charge on any atom is -0.456 e. The van der Waals surface area contributed by atoms with Gasteiger partial charge in [0, 0.05) is 5.69 Å². The first-order valence-corrected chi connectivity index (χ1v) is 3.36. The Balaban J connectivity index is 0.000000720. The van der Waals surface area contributed by atoms with Gasteiger partial charge in [-0.3, -0.25) is 0 Å². The van der Waals surface area contributed by atoms with Crippen LogP contribution >= 0.6 is 0 Å². The number of rotatable bonds is 1. The van der Waals surface area contributed by atoms with Crippen molar-refractivity contribution in [1.29, 1.82) is 0 Å². The van der Waals surface area contributed by atoms with Gasteiger partial charge >= 0.3 is 48.4 Å². The molecule has 2 rings (SSSR count). The second-order valence-electron chi connectivity index (χ2n) is 2.15. The molecule has 0 aliphatic carbocycles. The molecule has 0 N–H and O–H groups in total. The van der Waals surface area contributed by atoms with Crippen LogP contribution in [0, 0.1) is 12.4 Å². The van der Waals surface area contributed by atoms with Crippen molar-refractivity contribution in [1.82, 2.24) is 9.78 Å². The molecule has 4 heteroatoms. The average Bonchev–Trinajstić information content (AvgIpc) is 2.58. The molecule has 54 valence electrons. The third-order valence-electron chi connectivity index (χ3n) is 1.41. The fourth-order valence-electron chi connectivity index (χ4n) is 0.907. The molecule has 0 unspecified atom stereocenters. The van der Waals surface area contributed by atoms with Gasteiger partial charge in [0.05, 0.1) is 0 Å². The van der Waals surface area contributed by atoms with Crippen LogP contribution in [0.15, 0.2) is 36.4 Å². The molecule has 0 saturated carbocycles. The summed E-state index contributed by atoms with van der Waals surface area (Å²) in [5, 5.41) is 3.92. The molecule has 0 aliphatic heterocycles. The first kappa shape index (κ1) is 13.0. The standard InChI is InChI=1S/C9H6N2.Li.Na/c1-2-5-9(6-3-1)11-8-4-7-10-11;;/h1-6H;;/q-2;2*+1. The van der Waals surface area contributed by atoms with E-state index in [1.807, 2.05) is 30.3 Å². The molecule has 13 heavy (non-hydrogen) atoms. The Morgan fingerprint density at radius 2 is 1.85 bits per heavy atom. The van der Waals surface area contributed by atoms with E-state index in [0.717, 1.165) is 5.69 Å². The summed E-state index contributed by atoms with van der Waals surface area (Å²) in [5.74, 6) is 0. The minimum atomic E-state index is 0. The van der Waals surface area contributed by atoms with Gasteiger partial charge < -0.3 is 28.2 Å². The van der Waals surface area contributed by atoms with E-state index >= 15 is 0 Å². The van der Waals surface area contributed by atoms with Crippen molar-refractivity contribution in [3.05, 3.63) is 48.8 Å². The molecule has 0 fully saturated rings. The maximum atomic E-state index is 3.92. The van der Waals surface area contributed by atoms with E-state index in [9.17, 15) is 0 Å². The summed E-state index contributed by atoms with van der Waals surface area (Å²) in [7, 11) is 0. The van der Waals surface area contributed by atoms with Crippen LogP contribution in [0.1, 0.15) is 0 Å².